The first-order chi connectivity index (χ1) is 9.48. The summed E-state index contributed by atoms with van der Waals surface area (Å²) in [5.41, 5.74) is 2.14. The summed E-state index contributed by atoms with van der Waals surface area (Å²) >= 11 is 0. The largest absolute Gasteiger partial charge is 0.493 e. The van der Waals surface area contributed by atoms with Gasteiger partial charge in [-0.05, 0) is 51.5 Å². The molecule has 0 radical (unpaired) electrons. The number of para-hydroxylation sites is 1. The first kappa shape index (κ1) is 13.9. The van der Waals surface area contributed by atoms with E-state index in [1.165, 1.54) is 31.2 Å². The topological polar surface area (TPSA) is 21.3 Å². The van der Waals surface area contributed by atoms with E-state index in [1.54, 1.807) is 0 Å². The Balaban J connectivity index is 1.67. The fraction of sp³-hybridized carbons (Fsp3) is 0.667. The fourth-order valence-electron chi connectivity index (χ4n) is 3.50. The molecule has 1 aliphatic heterocycles. The highest BCUT2D eigenvalue weighted by atomic mass is 16.5. The van der Waals surface area contributed by atoms with Gasteiger partial charge in [-0.1, -0.05) is 24.6 Å². The van der Waals surface area contributed by atoms with Crippen molar-refractivity contribution in [2.75, 3.05) is 13.2 Å². The van der Waals surface area contributed by atoms with Crippen LogP contribution in [0.25, 0.3) is 0 Å². The summed E-state index contributed by atoms with van der Waals surface area (Å²) in [6.45, 7) is 8.79. The van der Waals surface area contributed by atoms with Crippen molar-refractivity contribution in [3.63, 3.8) is 0 Å². The van der Waals surface area contributed by atoms with Gasteiger partial charge in [-0.3, -0.25) is 0 Å². The Kier molecular flexibility index (Phi) is 3.53. The van der Waals surface area contributed by atoms with Gasteiger partial charge in [0.1, 0.15) is 5.75 Å². The Hall–Kier alpha value is -1.02. The number of hydrogen-bond donors (Lipinski definition) is 1. The number of rotatable bonds is 4. The third-order valence-corrected chi connectivity index (χ3v) is 4.89. The Labute approximate surface area is 122 Å². The molecule has 1 N–H and O–H groups in total. The van der Waals surface area contributed by atoms with Gasteiger partial charge in [0.15, 0.2) is 0 Å². The average Bonchev–Trinajstić information content (AvgIpc) is 2.74. The minimum atomic E-state index is 0.215. The number of nitrogens with one attached hydrogen (secondary N) is 1. The van der Waals surface area contributed by atoms with Crippen molar-refractivity contribution >= 4 is 0 Å². The lowest BCUT2D eigenvalue weighted by molar-refractivity contribution is 0.0913. The lowest BCUT2D eigenvalue weighted by Crippen LogP contribution is -2.47. The summed E-state index contributed by atoms with van der Waals surface area (Å²) in [5.74, 6) is 1.70. The van der Waals surface area contributed by atoms with Crippen molar-refractivity contribution in [3.05, 3.63) is 29.8 Å². The van der Waals surface area contributed by atoms with Crippen molar-refractivity contribution in [2.45, 2.75) is 57.9 Å². The van der Waals surface area contributed by atoms with Crippen molar-refractivity contribution in [2.24, 2.45) is 5.41 Å². The molecule has 2 nitrogen and oxygen atoms in total. The maximum atomic E-state index is 5.85. The summed E-state index contributed by atoms with van der Waals surface area (Å²) in [5, 5.41) is 3.72. The monoisotopic (exact) mass is 273 g/mol. The first-order valence-electron chi connectivity index (χ1n) is 7.94. The number of hydrogen-bond acceptors (Lipinski definition) is 2. The second kappa shape index (κ2) is 5.07. The van der Waals surface area contributed by atoms with Gasteiger partial charge in [-0.2, -0.15) is 0 Å². The Morgan fingerprint density at radius 1 is 1.25 bits per heavy atom. The molecule has 3 rings (SSSR count). The highest BCUT2D eigenvalue weighted by Crippen LogP contribution is 2.50. The van der Waals surface area contributed by atoms with Crippen LogP contribution in [0, 0.1) is 5.41 Å². The maximum Gasteiger partial charge on any atom is 0.122 e. The minimum absolute atomic E-state index is 0.215. The van der Waals surface area contributed by atoms with E-state index >= 15 is 0 Å². The third-order valence-electron chi connectivity index (χ3n) is 4.89. The molecule has 0 saturated heterocycles. The molecule has 1 heterocycles. The first-order valence-corrected chi connectivity index (χ1v) is 7.94. The summed E-state index contributed by atoms with van der Waals surface area (Å²) in [6, 6.07) is 8.57. The van der Waals surface area contributed by atoms with Crippen LogP contribution in [0.2, 0.25) is 0 Å². The molecule has 0 amide bonds. The average molecular weight is 273 g/mol. The lowest BCUT2D eigenvalue weighted by Gasteiger charge is -2.45. The van der Waals surface area contributed by atoms with Crippen LogP contribution in [-0.4, -0.2) is 18.7 Å². The maximum absolute atomic E-state index is 5.85. The van der Waals surface area contributed by atoms with Crippen LogP contribution in [0.15, 0.2) is 24.3 Å². The number of ether oxygens (including phenoxy) is 1. The molecule has 1 aromatic rings. The smallest absolute Gasteiger partial charge is 0.122 e. The van der Waals surface area contributed by atoms with Crippen molar-refractivity contribution in [3.8, 4) is 5.75 Å². The van der Waals surface area contributed by atoms with E-state index in [1.807, 2.05) is 0 Å². The molecule has 110 valence electrons. The molecule has 2 heteroatoms. The normalized spacial score (nSPS) is 23.9. The molecule has 2 aliphatic rings. The van der Waals surface area contributed by atoms with E-state index in [2.05, 4.69) is 50.4 Å². The van der Waals surface area contributed by atoms with E-state index in [-0.39, 0.29) is 5.54 Å². The Morgan fingerprint density at radius 3 is 2.65 bits per heavy atom. The predicted molar refractivity (Wildman–Crippen MR) is 83.3 cm³/mol. The highest BCUT2D eigenvalue weighted by Gasteiger charge is 2.41. The fourth-order valence-corrected chi connectivity index (χ4v) is 3.50. The summed E-state index contributed by atoms with van der Waals surface area (Å²) in [7, 11) is 0. The zero-order valence-electron chi connectivity index (χ0n) is 13.0. The Bertz CT molecular complexity index is 471. The van der Waals surface area contributed by atoms with Gasteiger partial charge in [0.25, 0.3) is 0 Å². The lowest BCUT2D eigenvalue weighted by atomic mass is 9.63. The molecule has 0 bridgehead atoms. The molecule has 0 spiro atoms. The molecule has 1 unspecified atom stereocenters. The summed E-state index contributed by atoms with van der Waals surface area (Å²) in [4.78, 5) is 0. The van der Waals surface area contributed by atoms with Crippen LogP contribution in [0.4, 0.5) is 0 Å². The predicted octanol–water partition coefficient (Wildman–Crippen LogP) is 4.11. The Morgan fingerprint density at radius 2 is 2.00 bits per heavy atom. The summed E-state index contributed by atoms with van der Waals surface area (Å²) in [6.07, 6.45) is 5.40. The minimum Gasteiger partial charge on any atom is -0.493 e. The molecule has 1 aromatic carbocycles. The van der Waals surface area contributed by atoms with Crippen LogP contribution in [-0.2, 0) is 0 Å². The molecule has 0 aromatic heterocycles. The van der Waals surface area contributed by atoms with Gasteiger partial charge in [-0.25, -0.2) is 0 Å². The molecular formula is C18H27NO. The van der Waals surface area contributed by atoms with E-state index in [4.69, 9.17) is 4.74 Å². The molecular weight excluding hydrogens is 246 g/mol. The van der Waals surface area contributed by atoms with Crippen molar-refractivity contribution < 1.29 is 4.74 Å². The molecule has 1 aliphatic carbocycles. The van der Waals surface area contributed by atoms with Gasteiger partial charge in [0.05, 0.1) is 6.61 Å². The van der Waals surface area contributed by atoms with Crippen LogP contribution >= 0.6 is 0 Å². The van der Waals surface area contributed by atoms with Gasteiger partial charge in [-0.15, -0.1) is 0 Å². The molecule has 1 saturated carbocycles. The van der Waals surface area contributed by atoms with Gasteiger partial charge in [0, 0.05) is 23.6 Å². The SMILES string of the molecule is CC(C)(C)NCC1(CC2COc3ccccc32)CCC1. The quantitative estimate of drug-likeness (QED) is 0.891. The van der Waals surface area contributed by atoms with E-state index < -0.39 is 0 Å². The van der Waals surface area contributed by atoms with Gasteiger partial charge >= 0.3 is 0 Å². The molecule has 1 atom stereocenters. The van der Waals surface area contributed by atoms with Crippen molar-refractivity contribution in [1.82, 2.24) is 5.32 Å². The number of fused-ring (bicyclic) bond motifs is 1. The van der Waals surface area contributed by atoms with Crippen LogP contribution < -0.4 is 10.1 Å². The standard InChI is InChI=1S/C18H27NO/c1-17(2,3)19-13-18(9-6-10-18)11-14-12-20-16-8-5-4-7-15(14)16/h4-5,7-8,14,19H,6,9-13H2,1-3H3. The van der Waals surface area contributed by atoms with E-state index in [0.29, 0.717) is 11.3 Å². The second-order valence-corrected chi connectivity index (χ2v) is 7.71. The zero-order valence-corrected chi connectivity index (χ0v) is 13.0. The van der Waals surface area contributed by atoms with Crippen LogP contribution in [0.1, 0.15) is 57.9 Å². The van der Waals surface area contributed by atoms with Crippen LogP contribution in [0.3, 0.4) is 0 Å². The summed E-state index contributed by atoms with van der Waals surface area (Å²) < 4.78 is 5.85. The molecule has 20 heavy (non-hydrogen) atoms. The zero-order chi connectivity index (χ0) is 14.2. The van der Waals surface area contributed by atoms with Crippen LogP contribution in [0.5, 0.6) is 5.75 Å². The number of benzene rings is 1. The molecule has 1 fully saturated rings. The van der Waals surface area contributed by atoms with E-state index in [0.717, 1.165) is 18.9 Å². The van der Waals surface area contributed by atoms with Gasteiger partial charge in [0.2, 0.25) is 0 Å². The highest BCUT2D eigenvalue weighted by molar-refractivity contribution is 5.39. The van der Waals surface area contributed by atoms with E-state index in [9.17, 15) is 0 Å². The second-order valence-electron chi connectivity index (χ2n) is 7.71. The van der Waals surface area contributed by atoms with Gasteiger partial charge < -0.3 is 10.1 Å². The van der Waals surface area contributed by atoms with Crippen molar-refractivity contribution in [1.29, 1.82) is 0 Å². The third kappa shape index (κ3) is 2.85.